The molecule has 0 aliphatic heterocycles. The van der Waals surface area contributed by atoms with E-state index in [1.165, 1.54) is 29.2 Å². The lowest BCUT2D eigenvalue weighted by Gasteiger charge is -2.09. The Kier molecular flexibility index (Phi) is 3.08. The van der Waals surface area contributed by atoms with E-state index in [-0.39, 0.29) is 10.6 Å². The minimum absolute atomic E-state index is 0.0451. The maximum atomic E-state index is 14.2. The highest BCUT2D eigenvalue weighted by molar-refractivity contribution is 7.93. The first kappa shape index (κ1) is 14.1. The molecule has 1 saturated carbocycles. The van der Waals surface area contributed by atoms with Crippen LogP contribution in [0, 0.1) is 5.82 Å². The fourth-order valence-corrected chi connectivity index (χ4v) is 3.68. The van der Waals surface area contributed by atoms with Gasteiger partial charge in [-0.15, -0.1) is 0 Å². The minimum Gasteiger partial charge on any atom is -0.277 e. The Labute approximate surface area is 132 Å². The Hall–Kier alpha value is -2.48. The highest BCUT2D eigenvalue weighted by Crippen LogP contribution is 2.40. The minimum atomic E-state index is -3.95. The summed E-state index contributed by atoms with van der Waals surface area (Å²) in [5, 5.41) is 7.80. The molecule has 1 aromatic carbocycles. The number of hydrogen-bond donors (Lipinski definition) is 1. The number of halogens is 1. The zero-order valence-corrected chi connectivity index (χ0v) is 12.8. The molecule has 0 saturated heterocycles. The summed E-state index contributed by atoms with van der Waals surface area (Å²) in [6.45, 7) is 0. The van der Waals surface area contributed by atoms with Gasteiger partial charge in [0.25, 0.3) is 10.0 Å². The fraction of sp³-hybridized carbons (Fsp3) is 0.200. The smallest absolute Gasteiger partial charge is 0.265 e. The van der Waals surface area contributed by atoms with Crippen LogP contribution in [0.1, 0.15) is 24.3 Å². The molecule has 0 unspecified atom stereocenters. The lowest BCUT2D eigenvalue weighted by molar-refractivity contribution is 0.599. The standard InChI is InChI=1S/C15H13FN4O2S/c16-12-8-11(10-3-4-10)5-6-13(12)19-23(21,22)15-9-18-20-14(15)2-1-7-17-20/h1-2,5-10,19H,3-4H2. The van der Waals surface area contributed by atoms with Crippen molar-refractivity contribution in [3.8, 4) is 0 Å². The Balaban J connectivity index is 1.69. The van der Waals surface area contributed by atoms with E-state index in [1.807, 2.05) is 0 Å². The molecule has 0 amide bonds. The van der Waals surface area contributed by atoms with Gasteiger partial charge in [0, 0.05) is 6.20 Å². The lowest BCUT2D eigenvalue weighted by atomic mass is 10.1. The van der Waals surface area contributed by atoms with Crippen molar-refractivity contribution in [1.29, 1.82) is 0 Å². The maximum Gasteiger partial charge on any atom is 0.265 e. The van der Waals surface area contributed by atoms with E-state index in [2.05, 4.69) is 14.9 Å². The van der Waals surface area contributed by atoms with Gasteiger partial charge in [-0.25, -0.2) is 12.8 Å². The number of nitrogens with one attached hydrogen (secondary N) is 1. The van der Waals surface area contributed by atoms with Gasteiger partial charge in [-0.05, 0) is 48.6 Å². The van der Waals surface area contributed by atoms with Gasteiger partial charge in [0.1, 0.15) is 16.2 Å². The number of fused-ring (bicyclic) bond motifs is 1. The van der Waals surface area contributed by atoms with Gasteiger partial charge in [0.15, 0.2) is 0 Å². The van der Waals surface area contributed by atoms with Crippen molar-refractivity contribution < 1.29 is 12.8 Å². The van der Waals surface area contributed by atoms with Crippen LogP contribution in [0.2, 0.25) is 0 Å². The van der Waals surface area contributed by atoms with Crippen molar-refractivity contribution in [1.82, 2.24) is 14.8 Å². The fourth-order valence-electron chi connectivity index (χ4n) is 2.50. The highest BCUT2D eigenvalue weighted by atomic mass is 32.2. The molecule has 6 nitrogen and oxygen atoms in total. The molecule has 118 valence electrons. The SMILES string of the molecule is O=S(=O)(Nc1ccc(C2CC2)cc1F)c1cnn2ncccc12. The molecule has 4 rings (SSSR count). The molecule has 3 aromatic rings. The van der Waals surface area contributed by atoms with E-state index in [1.54, 1.807) is 18.2 Å². The van der Waals surface area contributed by atoms with Crippen LogP contribution >= 0.6 is 0 Å². The molecule has 1 aliphatic carbocycles. The van der Waals surface area contributed by atoms with Crippen molar-refractivity contribution in [3.63, 3.8) is 0 Å². The van der Waals surface area contributed by atoms with Crippen molar-refractivity contribution in [2.45, 2.75) is 23.7 Å². The summed E-state index contributed by atoms with van der Waals surface area (Å²) in [4.78, 5) is -0.0451. The lowest BCUT2D eigenvalue weighted by Crippen LogP contribution is -2.14. The van der Waals surface area contributed by atoms with Crippen molar-refractivity contribution in [2.24, 2.45) is 0 Å². The molecule has 8 heteroatoms. The Bertz CT molecular complexity index is 996. The van der Waals surface area contributed by atoms with Gasteiger partial charge in [-0.3, -0.25) is 4.72 Å². The quantitative estimate of drug-likeness (QED) is 0.796. The number of nitrogens with zero attached hydrogens (tertiary/aromatic N) is 3. The topological polar surface area (TPSA) is 76.4 Å². The van der Waals surface area contributed by atoms with Gasteiger partial charge in [0.2, 0.25) is 0 Å². The number of anilines is 1. The predicted octanol–water partition coefficient (Wildman–Crippen LogP) is 2.55. The van der Waals surface area contributed by atoms with Crippen LogP contribution in [0.15, 0.2) is 47.6 Å². The third kappa shape index (κ3) is 2.55. The van der Waals surface area contributed by atoms with Crippen LogP contribution in [0.3, 0.4) is 0 Å². The summed E-state index contributed by atoms with van der Waals surface area (Å²) < 4.78 is 42.7. The summed E-state index contributed by atoms with van der Waals surface area (Å²) in [7, 11) is -3.95. The molecular weight excluding hydrogens is 319 g/mol. The molecule has 2 aromatic heterocycles. The second kappa shape index (κ2) is 5.02. The number of sulfonamides is 1. The van der Waals surface area contributed by atoms with Gasteiger partial charge in [0.05, 0.1) is 11.9 Å². The van der Waals surface area contributed by atoms with Gasteiger partial charge < -0.3 is 0 Å². The average Bonchev–Trinajstić information content (AvgIpc) is 3.27. The van der Waals surface area contributed by atoms with E-state index < -0.39 is 15.8 Å². The number of rotatable bonds is 4. The molecule has 2 heterocycles. The third-order valence-electron chi connectivity index (χ3n) is 3.84. The number of benzene rings is 1. The summed E-state index contributed by atoms with van der Waals surface area (Å²) in [5.74, 6) is -0.173. The van der Waals surface area contributed by atoms with Crippen LogP contribution in [0.25, 0.3) is 5.52 Å². The third-order valence-corrected chi connectivity index (χ3v) is 5.23. The van der Waals surface area contributed by atoms with E-state index in [4.69, 9.17) is 0 Å². The van der Waals surface area contributed by atoms with E-state index >= 15 is 0 Å². The van der Waals surface area contributed by atoms with Gasteiger partial charge in [-0.1, -0.05) is 6.07 Å². The molecule has 0 spiro atoms. The van der Waals surface area contributed by atoms with E-state index in [9.17, 15) is 12.8 Å². The van der Waals surface area contributed by atoms with Crippen LogP contribution in [-0.4, -0.2) is 23.2 Å². The summed E-state index contributed by atoms with van der Waals surface area (Å²) in [6.07, 6.45) is 4.81. The predicted molar refractivity (Wildman–Crippen MR) is 82.2 cm³/mol. The Morgan fingerprint density at radius 2 is 2.04 bits per heavy atom. The average molecular weight is 332 g/mol. The van der Waals surface area contributed by atoms with Crippen LogP contribution < -0.4 is 4.72 Å². The molecule has 0 bridgehead atoms. The van der Waals surface area contributed by atoms with Gasteiger partial charge in [-0.2, -0.15) is 14.8 Å². The van der Waals surface area contributed by atoms with E-state index in [0.717, 1.165) is 18.4 Å². The molecule has 1 aliphatic rings. The normalized spacial score (nSPS) is 15.0. The molecule has 1 fully saturated rings. The molecule has 23 heavy (non-hydrogen) atoms. The zero-order valence-electron chi connectivity index (χ0n) is 12.0. The zero-order chi connectivity index (χ0) is 16.0. The summed E-state index contributed by atoms with van der Waals surface area (Å²) in [5.41, 5.74) is 1.17. The second-order valence-corrected chi connectivity index (χ2v) is 7.18. The van der Waals surface area contributed by atoms with Crippen LogP contribution in [0.4, 0.5) is 10.1 Å². The van der Waals surface area contributed by atoms with E-state index in [0.29, 0.717) is 11.4 Å². The molecule has 0 radical (unpaired) electrons. The first-order valence-corrected chi connectivity index (χ1v) is 8.64. The summed E-state index contributed by atoms with van der Waals surface area (Å²) in [6, 6.07) is 7.82. The molecule has 1 N–H and O–H groups in total. The van der Waals surface area contributed by atoms with Crippen molar-refractivity contribution in [2.75, 3.05) is 4.72 Å². The molecular formula is C15H13FN4O2S. The molecule has 0 atom stereocenters. The largest absolute Gasteiger partial charge is 0.277 e. The first-order valence-electron chi connectivity index (χ1n) is 7.16. The Morgan fingerprint density at radius 3 is 2.78 bits per heavy atom. The number of hydrogen-bond acceptors (Lipinski definition) is 4. The highest BCUT2D eigenvalue weighted by Gasteiger charge is 2.25. The summed E-state index contributed by atoms with van der Waals surface area (Å²) >= 11 is 0. The van der Waals surface area contributed by atoms with Crippen molar-refractivity contribution in [3.05, 3.63) is 54.1 Å². The monoisotopic (exact) mass is 332 g/mol. The first-order chi connectivity index (χ1) is 11.0. The van der Waals surface area contributed by atoms with Crippen LogP contribution in [-0.2, 0) is 10.0 Å². The maximum absolute atomic E-state index is 14.2. The second-order valence-electron chi connectivity index (χ2n) is 5.53. The van der Waals surface area contributed by atoms with Crippen molar-refractivity contribution >= 4 is 21.2 Å². The number of aromatic nitrogens is 3. The van der Waals surface area contributed by atoms with Gasteiger partial charge >= 0.3 is 0 Å². The Morgan fingerprint density at radius 1 is 1.22 bits per heavy atom. The van der Waals surface area contributed by atoms with Crippen LogP contribution in [0.5, 0.6) is 0 Å².